The van der Waals surface area contributed by atoms with Gasteiger partial charge in [0.2, 0.25) is 0 Å². The Hall–Kier alpha value is -0.500. The summed E-state index contributed by atoms with van der Waals surface area (Å²) in [5, 5.41) is 9.11. The largest absolute Gasteiger partial charge is 0.513 e. The number of aliphatic hydroxyl groups is 1. The molecule has 0 saturated heterocycles. The highest BCUT2D eigenvalue weighted by atomic mass is 16.3. The average Bonchev–Trinajstić information content (AvgIpc) is 1.99. The SMILES string of the molecule is CCN(CC)C/C(C)=C(/C)O. The molecule has 0 unspecified atom stereocenters. The van der Waals surface area contributed by atoms with Crippen molar-refractivity contribution in [2.24, 2.45) is 0 Å². The lowest BCUT2D eigenvalue weighted by atomic mass is 10.2. The second kappa shape index (κ2) is 5.19. The number of hydrogen-bond acceptors (Lipinski definition) is 2. The first kappa shape index (κ1) is 10.5. The Bertz CT molecular complexity index is 132. The van der Waals surface area contributed by atoms with Crippen LogP contribution in [-0.2, 0) is 0 Å². The van der Waals surface area contributed by atoms with E-state index in [1.54, 1.807) is 6.92 Å². The molecule has 0 saturated carbocycles. The van der Waals surface area contributed by atoms with Gasteiger partial charge in [0.25, 0.3) is 0 Å². The fourth-order valence-electron chi connectivity index (χ4n) is 0.897. The lowest BCUT2D eigenvalue weighted by Crippen LogP contribution is -2.25. The van der Waals surface area contributed by atoms with Gasteiger partial charge < -0.3 is 5.11 Å². The predicted octanol–water partition coefficient (Wildman–Crippen LogP) is 2.18. The Balaban J connectivity index is 3.91. The molecule has 0 amide bonds. The van der Waals surface area contributed by atoms with E-state index in [0.717, 1.165) is 25.2 Å². The summed E-state index contributed by atoms with van der Waals surface area (Å²) in [6, 6.07) is 0. The lowest BCUT2D eigenvalue weighted by molar-refractivity contribution is 0.318. The summed E-state index contributed by atoms with van der Waals surface area (Å²) in [5.74, 6) is 0.455. The van der Waals surface area contributed by atoms with E-state index in [1.807, 2.05) is 6.92 Å². The fourth-order valence-corrected chi connectivity index (χ4v) is 0.897. The number of rotatable bonds is 4. The zero-order valence-corrected chi connectivity index (χ0v) is 8.02. The standard InChI is InChI=1S/C9H19NO/c1-5-10(6-2)7-8(3)9(4)11/h11H,5-7H2,1-4H3/b9-8-. The van der Waals surface area contributed by atoms with Crippen LogP contribution < -0.4 is 0 Å². The van der Waals surface area contributed by atoms with Crippen molar-refractivity contribution in [2.75, 3.05) is 19.6 Å². The zero-order chi connectivity index (χ0) is 8.85. The molecule has 1 N–H and O–H groups in total. The van der Waals surface area contributed by atoms with Crippen LogP contribution in [0.25, 0.3) is 0 Å². The molecular formula is C9H19NO. The second-order valence-electron chi connectivity index (χ2n) is 2.83. The summed E-state index contributed by atoms with van der Waals surface area (Å²) in [4.78, 5) is 2.27. The summed E-state index contributed by atoms with van der Waals surface area (Å²) in [6.07, 6.45) is 0. The van der Waals surface area contributed by atoms with Gasteiger partial charge in [-0.1, -0.05) is 13.8 Å². The van der Waals surface area contributed by atoms with Crippen LogP contribution in [0.5, 0.6) is 0 Å². The van der Waals surface area contributed by atoms with Crippen molar-refractivity contribution in [1.29, 1.82) is 0 Å². The van der Waals surface area contributed by atoms with Gasteiger partial charge in [-0.05, 0) is 32.5 Å². The number of allylic oxidation sites excluding steroid dienone is 1. The average molecular weight is 157 g/mol. The molecule has 2 heteroatoms. The summed E-state index contributed by atoms with van der Waals surface area (Å²) in [6.45, 7) is 10.9. The molecule has 0 atom stereocenters. The van der Waals surface area contributed by atoms with Crippen molar-refractivity contribution < 1.29 is 5.11 Å². The molecule has 0 aromatic heterocycles. The Labute approximate surface area is 69.5 Å². The van der Waals surface area contributed by atoms with Gasteiger partial charge in [0.15, 0.2) is 0 Å². The van der Waals surface area contributed by atoms with Crippen molar-refractivity contribution in [2.45, 2.75) is 27.7 Å². The van der Waals surface area contributed by atoms with Crippen molar-refractivity contribution in [1.82, 2.24) is 4.90 Å². The van der Waals surface area contributed by atoms with E-state index < -0.39 is 0 Å². The minimum absolute atomic E-state index is 0.455. The minimum Gasteiger partial charge on any atom is -0.513 e. The van der Waals surface area contributed by atoms with Crippen LogP contribution in [0.4, 0.5) is 0 Å². The molecular weight excluding hydrogens is 138 g/mol. The van der Waals surface area contributed by atoms with E-state index in [1.165, 1.54) is 0 Å². The molecule has 0 aromatic rings. The van der Waals surface area contributed by atoms with Gasteiger partial charge in [0.1, 0.15) is 0 Å². The summed E-state index contributed by atoms with van der Waals surface area (Å²) in [7, 11) is 0. The summed E-state index contributed by atoms with van der Waals surface area (Å²) < 4.78 is 0. The highest BCUT2D eigenvalue weighted by Crippen LogP contribution is 2.01. The Morgan fingerprint density at radius 3 is 1.91 bits per heavy atom. The Kier molecular flexibility index (Phi) is 4.95. The lowest BCUT2D eigenvalue weighted by Gasteiger charge is -2.18. The molecule has 66 valence electrons. The molecule has 2 nitrogen and oxygen atoms in total. The molecule has 11 heavy (non-hydrogen) atoms. The third-order valence-corrected chi connectivity index (χ3v) is 1.97. The van der Waals surface area contributed by atoms with Gasteiger partial charge in [-0.2, -0.15) is 0 Å². The normalized spacial score (nSPS) is 13.5. The van der Waals surface area contributed by atoms with E-state index in [-0.39, 0.29) is 0 Å². The molecule has 0 bridgehead atoms. The summed E-state index contributed by atoms with van der Waals surface area (Å²) in [5.41, 5.74) is 1.06. The van der Waals surface area contributed by atoms with Gasteiger partial charge >= 0.3 is 0 Å². The molecule has 0 fully saturated rings. The van der Waals surface area contributed by atoms with Crippen molar-refractivity contribution in [3.8, 4) is 0 Å². The van der Waals surface area contributed by atoms with E-state index in [9.17, 15) is 0 Å². The zero-order valence-electron chi connectivity index (χ0n) is 8.02. The smallest absolute Gasteiger partial charge is 0.0893 e. The first-order chi connectivity index (χ1) is 5.11. The van der Waals surface area contributed by atoms with Crippen LogP contribution >= 0.6 is 0 Å². The highest BCUT2D eigenvalue weighted by Gasteiger charge is 2.01. The quantitative estimate of drug-likeness (QED) is 0.632. The molecule has 0 aliphatic heterocycles. The van der Waals surface area contributed by atoms with Crippen LogP contribution in [0.15, 0.2) is 11.3 Å². The molecule has 0 heterocycles. The van der Waals surface area contributed by atoms with Crippen molar-refractivity contribution in [3.05, 3.63) is 11.3 Å². The minimum atomic E-state index is 0.455. The monoisotopic (exact) mass is 157 g/mol. The van der Waals surface area contributed by atoms with Crippen LogP contribution in [0.1, 0.15) is 27.7 Å². The third kappa shape index (κ3) is 4.04. The number of likely N-dealkylation sites (N-methyl/N-ethyl adjacent to an activating group) is 1. The summed E-state index contributed by atoms with van der Waals surface area (Å²) >= 11 is 0. The van der Waals surface area contributed by atoms with E-state index in [2.05, 4.69) is 18.7 Å². The number of hydrogen-bond donors (Lipinski definition) is 1. The predicted molar refractivity (Wildman–Crippen MR) is 48.8 cm³/mol. The Morgan fingerprint density at radius 1 is 1.18 bits per heavy atom. The first-order valence-corrected chi connectivity index (χ1v) is 4.19. The van der Waals surface area contributed by atoms with Gasteiger partial charge in [0.05, 0.1) is 5.76 Å². The van der Waals surface area contributed by atoms with Crippen LogP contribution in [0.3, 0.4) is 0 Å². The molecule has 0 radical (unpaired) electrons. The number of nitrogens with zero attached hydrogens (tertiary/aromatic N) is 1. The van der Waals surface area contributed by atoms with Crippen LogP contribution in [0.2, 0.25) is 0 Å². The first-order valence-electron chi connectivity index (χ1n) is 4.19. The van der Waals surface area contributed by atoms with E-state index >= 15 is 0 Å². The maximum absolute atomic E-state index is 9.11. The fraction of sp³-hybridized carbons (Fsp3) is 0.778. The topological polar surface area (TPSA) is 23.5 Å². The highest BCUT2D eigenvalue weighted by molar-refractivity contribution is 5.03. The van der Waals surface area contributed by atoms with Gasteiger partial charge in [-0.15, -0.1) is 0 Å². The molecule has 0 aliphatic rings. The van der Waals surface area contributed by atoms with Crippen molar-refractivity contribution in [3.63, 3.8) is 0 Å². The number of aliphatic hydroxyl groups excluding tert-OH is 1. The molecule has 0 aliphatic carbocycles. The van der Waals surface area contributed by atoms with Gasteiger partial charge in [-0.3, -0.25) is 4.90 Å². The van der Waals surface area contributed by atoms with Gasteiger partial charge in [0, 0.05) is 6.54 Å². The second-order valence-corrected chi connectivity index (χ2v) is 2.83. The van der Waals surface area contributed by atoms with Gasteiger partial charge in [-0.25, -0.2) is 0 Å². The van der Waals surface area contributed by atoms with Crippen LogP contribution in [-0.4, -0.2) is 29.6 Å². The molecule has 0 rings (SSSR count). The van der Waals surface area contributed by atoms with E-state index in [0.29, 0.717) is 5.76 Å². The van der Waals surface area contributed by atoms with Crippen molar-refractivity contribution >= 4 is 0 Å². The maximum Gasteiger partial charge on any atom is 0.0893 e. The Morgan fingerprint density at radius 2 is 1.64 bits per heavy atom. The maximum atomic E-state index is 9.11. The third-order valence-electron chi connectivity index (χ3n) is 1.97. The molecule has 0 spiro atoms. The molecule has 0 aromatic carbocycles. The van der Waals surface area contributed by atoms with Crippen LogP contribution in [0, 0.1) is 0 Å². The van der Waals surface area contributed by atoms with E-state index in [4.69, 9.17) is 5.11 Å².